The molecule has 3 heterocycles. The maximum atomic E-state index is 13.5. The zero-order valence-electron chi connectivity index (χ0n) is 19.1. The third-order valence-electron chi connectivity index (χ3n) is 6.31. The zero-order valence-corrected chi connectivity index (χ0v) is 19.1. The lowest BCUT2D eigenvalue weighted by molar-refractivity contribution is 0.395. The fourth-order valence-corrected chi connectivity index (χ4v) is 4.72. The quantitative estimate of drug-likeness (QED) is 0.370. The number of ether oxygens (including phenoxy) is 1. The number of hydrogen-bond donors (Lipinski definition) is 0. The highest BCUT2D eigenvalue weighted by Crippen LogP contribution is 2.41. The molecule has 0 aliphatic carbocycles. The largest absolute Gasteiger partial charge is 0.495 e. The average molecular weight is 447 g/mol. The molecule has 0 N–H and O–H groups in total. The number of benzene rings is 2. The van der Waals surface area contributed by atoms with Gasteiger partial charge < -0.3 is 18.7 Å². The Kier molecular flexibility index (Phi) is 5.62. The highest BCUT2D eigenvalue weighted by atomic mass is 19.1. The molecule has 0 saturated carbocycles. The number of aromatic nitrogens is 3. The first kappa shape index (κ1) is 21.2. The topological polar surface area (TPSA) is 56.3 Å². The molecule has 170 valence electrons. The van der Waals surface area contributed by atoms with Crippen LogP contribution in [0.4, 0.5) is 10.3 Å². The Morgan fingerprint density at radius 3 is 2.70 bits per heavy atom. The minimum Gasteiger partial charge on any atom is -0.495 e. The normalized spacial score (nSPS) is 14.2. The molecule has 1 aliphatic heterocycles. The molecule has 2 aromatic heterocycles. The van der Waals surface area contributed by atoms with Gasteiger partial charge >= 0.3 is 0 Å². The first-order valence-electron chi connectivity index (χ1n) is 11.3. The standard InChI is InChI=1S/C26H27FN4O2/c1-4-22(18-7-10-20(27)11-8-18)31-13-5-6-21-25(29-33-26(21)31)19-9-12-23(24(14-19)32-3)30-15-17(2)28-16-30/h7-12,14-16,22H,4-6,13H2,1-3H3/t22-/m1/s1. The van der Waals surface area contributed by atoms with Gasteiger partial charge in [0.2, 0.25) is 5.88 Å². The Bertz CT molecular complexity index is 1260. The van der Waals surface area contributed by atoms with Crippen LogP contribution in [-0.4, -0.2) is 28.4 Å². The van der Waals surface area contributed by atoms with E-state index in [1.54, 1.807) is 13.4 Å². The number of aryl methyl sites for hydroxylation is 1. The van der Waals surface area contributed by atoms with Crippen molar-refractivity contribution in [2.75, 3.05) is 18.6 Å². The molecule has 33 heavy (non-hydrogen) atoms. The van der Waals surface area contributed by atoms with Crippen LogP contribution in [0.1, 0.15) is 42.6 Å². The maximum Gasteiger partial charge on any atom is 0.231 e. The molecule has 0 amide bonds. The van der Waals surface area contributed by atoms with Gasteiger partial charge in [0.25, 0.3) is 0 Å². The van der Waals surface area contributed by atoms with Crippen LogP contribution in [0.2, 0.25) is 0 Å². The van der Waals surface area contributed by atoms with Gasteiger partial charge in [0.15, 0.2) is 0 Å². The van der Waals surface area contributed by atoms with Crippen LogP contribution >= 0.6 is 0 Å². The fourth-order valence-electron chi connectivity index (χ4n) is 4.72. The van der Waals surface area contributed by atoms with Gasteiger partial charge in [-0.05, 0) is 56.0 Å². The molecule has 0 fully saturated rings. The van der Waals surface area contributed by atoms with E-state index in [2.05, 4.69) is 22.0 Å². The number of hydrogen-bond acceptors (Lipinski definition) is 5. The minimum absolute atomic E-state index is 0.104. The fraction of sp³-hybridized carbons (Fsp3) is 0.308. The molecule has 5 rings (SSSR count). The summed E-state index contributed by atoms with van der Waals surface area (Å²) in [6, 6.07) is 12.9. The molecule has 7 heteroatoms. The summed E-state index contributed by atoms with van der Waals surface area (Å²) in [5.74, 6) is 1.32. The predicted molar refractivity (Wildman–Crippen MR) is 125 cm³/mol. The van der Waals surface area contributed by atoms with Gasteiger partial charge in [-0.1, -0.05) is 30.3 Å². The van der Waals surface area contributed by atoms with E-state index in [0.717, 1.165) is 71.2 Å². The van der Waals surface area contributed by atoms with Crippen molar-refractivity contribution in [3.05, 3.63) is 77.6 Å². The van der Waals surface area contributed by atoms with Gasteiger partial charge in [-0.2, -0.15) is 0 Å². The Balaban J connectivity index is 1.51. The number of fused-ring (bicyclic) bond motifs is 1. The lowest BCUT2D eigenvalue weighted by Crippen LogP contribution is -2.32. The van der Waals surface area contributed by atoms with Crippen molar-refractivity contribution in [2.45, 2.75) is 39.2 Å². The van der Waals surface area contributed by atoms with E-state index in [0.29, 0.717) is 0 Å². The van der Waals surface area contributed by atoms with Crippen LogP contribution < -0.4 is 9.64 Å². The van der Waals surface area contributed by atoms with Gasteiger partial charge in [0, 0.05) is 23.9 Å². The van der Waals surface area contributed by atoms with Crippen molar-refractivity contribution in [1.82, 2.24) is 14.7 Å². The summed E-state index contributed by atoms with van der Waals surface area (Å²) in [6.07, 6.45) is 6.53. The highest BCUT2D eigenvalue weighted by molar-refractivity contribution is 5.72. The number of halogens is 1. The Morgan fingerprint density at radius 1 is 1.18 bits per heavy atom. The molecule has 0 spiro atoms. The lowest BCUT2D eigenvalue weighted by Gasteiger charge is -2.34. The Morgan fingerprint density at radius 2 is 2.00 bits per heavy atom. The number of rotatable bonds is 6. The second kappa shape index (κ2) is 8.73. The molecule has 0 radical (unpaired) electrons. The maximum absolute atomic E-state index is 13.5. The van der Waals surface area contributed by atoms with Crippen molar-refractivity contribution in [2.24, 2.45) is 0 Å². The van der Waals surface area contributed by atoms with Gasteiger partial charge in [-0.15, -0.1) is 0 Å². The number of nitrogens with zero attached hydrogens (tertiary/aromatic N) is 4. The van der Waals surface area contributed by atoms with Gasteiger partial charge in [-0.3, -0.25) is 0 Å². The third-order valence-corrected chi connectivity index (χ3v) is 6.31. The SMILES string of the molecule is CC[C@H](c1ccc(F)cc1)N1CCCc2c(-c3ccc(-n4cnc(C)c4)c(OC)c3)noc21. The monoisotopic (exact) mass is 446 g/mol. The summed E-state index contributed by atoms with van der Waals surface area (Å²) in [4.78, 5) is 6.58. The van der Waals surface area contributed by atoms with Crippen LogP contribution in [0.5, 0.6) is 5.75 Å². The number of anilines is 1. The molecule has 6 nitrogen and oxygen atoms in total. The minimum atomic E-state index is -0.224. The summed E-state index contributed by atoms with van der Waals surface area (Å²) < 4.78 is 27.0. The van der Waals surface area contributed by atoms with Gasteiger partial charge in [-0.25, -0.2) is 9.37 Å². The van der Waals surface area contributed by atoms with E-state index >= 15 is 0 Å². The number of imidazole rings is 1. The molecule has 0 unspecified atom stereocenters. The molecule has 1 aliphatic rings. The van der Waals surface area contributed by atoms with E-state index in [4.69, 9.17) is 9.26 Å². The van der Waals surface area contributed by atoms with Crippen LogP contribution in [-0.2, 0) is 6.42 Å². The van der Waals surface area contributed by atoms with Crippen LogP contribution in [0, 0.1) is 12.7 Å². The van der Waals surface area contributed by atoms with E-state index in [1.165, 1.54) is 12.1 Å². The van der Waals surface area contributed by atoms with E-state index in [9.17, 15) is 4.39 Å². The molecular weight excluding hydrogens is 419 g/mol. The van der Waals surface area contributed by atoms with Crippen molar-refractivity contribution < 1.29 is 13.7 Å². The predicted octanol–water partition coefficient (Wildman–Crippen LogP) is 5.89. The van der Waals surface area contributed by atoms with Crippen molar-refractivity contribution in [1.29, 1.82) is 0 Å². The summed E-state index contributed by atoms with van der Waals surface area (Å²) in [5, 5.41) is 4.47. The molecular formula is C26H27FN4O2. The average Bonchev–Trinajstić information content (AvgIpc) is 3.47. The Labute approximate surface area is 192 Å². The van der Waals surface area contributed by atoms with Crippen molar-refractivity contribution >= 4 is 5.88 Å². The smallest absolute Gasteiger partial charge is 0.231 e. The first-order chi connectivity index (χ1) is 16.1. The third kappa shape index (κ3) is 3.88. The van der Waals surface area contributed by atoms with E-state index in [1.807, 2.05) is 48.0 Å². The van der Waals surface area contributed by atoms with Crippen LogP contribution in [0.15, 0.2) is 59.5 Å². The first-order valence-corrected chi connectivity index (χ1v) is 11.3. The Hall–Kier alpha value is -3.61. The second-order valence-electron chi connectivity index (χ2n) is 8.40. The summed E-state index contributed by atoms with van der Waals surface area (Å²) in [7, 11) is 1.67. The van der Waals surface area contributed by atoms with E-state index in [-0.39, 0.29) is 11.9 Å². The molecule has 4 aromatic rings. The molecule has 2 aromatic carbocycles. The second-order valence-corrected chi connectivity index (χ2v) is 8.40. The zero-order chi connectivity index (χ0) is 22.9. The van der Waals surface area contributed by atoms with Crippen LogP contribution in [0.3, 0.4) is 0 Å². The molecule has 0 bridgehead atoms. The van der Waals surface area contributed by atoms with Crippen molar-refractivity contribution in [3.8, 4) is 22.7 Å². The highest BCUT2D eigenvalue weighted by Gasteiger charge is 2.31. The summed E-state index contributed by atoms with van der Waals surface area (Å²) in [6.45, 7) is 4.97. The van der Waals surface area contributed by atoms with Gasteiger partial charge in [0.05, 0.1) is 30.9 Å². The molecule has 1 atom stereocenters. The lowest BCUT2D eigenvalue weighted by atomic mass is 9.96. The van der Waals surface area contributed by atoms with E-state index < -0.39 is 0 Å². The summed E-state index contributed by atoms with van der Waals surface area (Å²) in [5.41, 5.74) is 5.84. The van der Waals surface area contributed by atoms with Crippen LogP contribution in [0.25, 0.3) is 16.9 Å². The number of methoxy groups -OCH3 is 1. The van der Waals surface area contributed by atoms with Crippen molar-refractivity contribution in [3.63, 3.8) is 0 Å². The van der Waals surface area contributed by atoms with Gasteiger partial charge in [0.1, 0.15) is 17.3 Å². The summed E-state index contributed by atoms with van der Waals surface area (Å²) >= 11 is 0. The molecule has 0 saturated heterocycles.